The summed E-state index contributed by atoms with van der Waals surface area (Å²) in [4.78, 5) is 12.2. The summed E-state index contributed by atoms with van der Waals surface area (Å²) >= 11 is 0. The van der Waals surface area contributed by atoms with Crippen LogP contribution in [0.5, 0.6) is 0 Å². The van der Waals surface area contributed by atoms with Crippen LogP contribution < -0.4 is 5.32 Å². The summed E-state index contributed by atoms with van der Waals surface area (Å²) in [5, 5.41) is 3.35. The second kappa shape index (κ2) is 6.60. The minimum atomic E-state index is -0.817. The van der Waals surface area contributed by atoms with Crippen molar-refractivity contribution < 1.29 is 13.9 Å². The summed E-state index contributed by atoms with van der Waals surface area (Å²) in [5.41, 5.74) is 0.886. The van der Waals surface area contributed by atoms with E-state index in [1.54, 1.807) is 12.1 Å². The van der Waals surface area contributed by atoms with Gasteiger partial charge in [0.25, 0.3) is 0 Å². The van der Waals surface area contributed by atoms with Crippen LogP contribution in [0.25, 0.3) is 0 Å². The molecule has 0 fully saturated rings. The highest BCUT2D eigenvalue weighted by molar-refractivity contribution is 5.78. The molecule has 116 valence electrons. The molecule has 4 heteroatoms. The van der Waals surface area contributed by atoms with E-state index in [2.05, 4.69) is 5.32 Å². The van der Waals surface area contributed by atoms with Gasteiger partial charge in [0.2, 0.25) is 0 Å². The maximum atomic E-state index is 13.2. The molecule has 1 atom stereocenters. The van der Waals surface area contributed by atoms with Gasteiger partial charge < -0.3 is 10.1 Å². The van der Waals surface area contributed by atoms with Gasteiger partial charge in [0.15, 0.2) is 0 Å². The fourth-order valence-electron chi connectivity index (χ4n) is 2.42. The highest BCUT2D eigenvalue weighted by Gasteiger charge is 2.39. The van der Waals surface area contributed by atoms with Gasteiger partial charge in [0.1, 0.15) is 5.82 Å². The Hall–Kier alpha value is -2.36. The van der Waals surface area contributed by atoms with E-state index in [-0.39, 0.29) is 17.8 Å². The van der Waals surface area contributed by atoms with Gasteiger partial charge in [-0.1, -0.05) is 30.3 Å². The lowest BCUT2D eigenvalue weighted by atomic mass is 9.80. The Labute approximate surface area is 130 Å². The normalized spacial score (nSPS) is 12.5. The zero-order valence-corrected chi connectivity index (χ0v) is 13.0. The van der Waals surface area contributed by atoms with Gasteiger partial charge in [-0.05, 0) is 43.7 Å². The summed E-state index contributed by atoms with van der Waals surface area (Å²) in [6.07, 6.45) is 0. The van der Waals surface area contributed by atoms with Crippen molar-refractivity contribution in [2.75, 3.05) is 12.4 Å². The van der Waals surface area contributed by atoms with E-state index in [0.29, 0.717) is 0 Å². The van der Waals surface area contributed by atoms with Gasteiger partial charge in [0.05, 0.1) is 18.6 Å². The van der Waals surface area contributed by atoms with E-state index in [0.717, 1.165) is 11.3 Å². The first-order valence-electron chi connectivity index (χ1n) is 7.10. The van der Waals surface area contributed by atoms with E-state index < -0.39 is 5.41 Å². The number of halogens is 1. The number of hydrogen-bond acceptors (Lipinski definition) is 3. The zero-order chi connectivity index (χ0) is 16.2. The molecule has 0 saturated heterocycles. The van der Waals surface area contributed by atoms with E-state index in [4.69, 9.17) is 4.74 Å². The van der Waals surface area contributed by atoms with E-state index in [9.17, 15) is 9.18 Å². The summed E-state index contributed by atoms with van der Waals surface area (Å²) in [7, 11) is 1.37. The Balaban J connectivity index is 2.40. The third-order valence-corrected chi connectivity index (χ3v) is 3.72. The van der Waals surface area contributed by atoms with E-state index in [1.807, 2.05) is 44.2 Å². The number of carbonyl (C=O) groups excluding carboxylic acids is 1. The van der Waals surface area contributed by atoms with Gasteiger partial charge in [-0.15, -0.1) is 0 Å². The number of rotatable bonds is 5. The smallest absolute Gasteiger partial charge is 0.313 e. The lowest BCUT2D eigenvalue weighted by molar-refractivity contribution is -0.151. The molecule has 0 unspecified atom stereocenters. The molecule has 2 aromatic rings. The van der Waals surface area contributed by atoms with E-state index in [1.165, 1.54) is 19.2 Å². The number of anilines is 1. The molecule has 0 bridgehead atoms. The standard InChI is InChI=1S/C18H20FNO2/c1-18(2,17(21)22-3)16(13-9-11-14(19)12-10-13)20-15-7-5-4-6-8-15/h4-12,16,20H,1-3H3/t16-/m0/s1. The number of carbonyl (C=O) groups is 1. The summed E-state index contributed by atoms with van der Waals surface area (Å²) in [6.45, 7) is 3.62. The van der Waals surface area contributed by atoms with Crippen molar-refractivity contribution in [1.82, 2.24) is 0 Å². The molecular weight excluding hydrogens is 281 g/mol. The molecular formula is C18H20FNO2. The monoisotopic (exact) mass is 301 g/mol. The molecule has 0 radical (unpaired) electrons. The predicted octanol–water partition coefficient (Wildman–Crippen LogP) is 4.18. The largest absolute Gasteiger partial charge is 0.469 e. The lowest BCUT2D eigenvalue weighted by Gasteiger charge is -2.33. The minimum Gasteiger partial charge on any atom is -0.469 e. The van der Waals surface area contributed by atoms with Gasteiger partial charge in [0, 0.05) is 5.69 Å². The molecule has 2 aromatic carbocycles. The molecule has 0 aliphatic carbocycles. The summed E-state index contributed by atoms with van der Waals surface area (Å²) < 4.78 is 18.1. The average molecular weight is 301 g/mol. The molecule has 3 nitrogen and oxygen atoms in total. The maximum Gasteiger partial charge on any atom is 0.313 e. The van der Waals surface area contributed by atoms with Crippen LogP contribution in [0.15, 0.2) is 54.6 Å². The molecule has 0 aromatic heterocycles. The highest BCUT2D eigenvalue weighted by atomic mass is 19.1. The fraction of sp³-hybridized carbons (Fsp3) is 0.278. The number of benzene rings is 2. The number of ether oxygens (including phenoxy) is 1. The predicted molar refractivity (Wildman–Crippen MR) is 85.0 cm³/mol. The van der Waals surface area contributed by atoms with Crippen LogP contribution in [0.2, 0.25) is 0 Å². The van der Waals surface area contributed by atoms with Crippen molar-refractivity contribution in [3.05, 3.63) is 66.0 Å². The molecule has 0 amide bonds. The first kappa shape index (κ1) is 16.0. The van der Waals surface area contributed by atoms with Crippen LogP contribution in [0, 0.1) is 11.2 Å². The third kappa shape index (κ3) is 3.45. The molecule has 2 rings (SSSR count). The molecule has 0 heterocycles. The van der Waals surface area contributed by atoms with Gasteiger partial charge in [-0.25, -0.2) is 4.39 Å². The molecule has 0 aliphatic heterocycles. The fourth-order valence-corrected chi connectivity index (χ4v) is 2.42. The van der Waals surface area contributed by atoms with Crippen molar-refractivity contribution in [2.45, 2.75) is 19.9 Å². The number of hydrogen-bond donors (Lipinski definition) is 1. The van der Waals surface area contributed by atoms with Crippen LogP contribution >= 0.6 is 0 Å². The number of esters is 1. The Morgan fingerprint density at radius 2 is 1.68 bits per heavy atom. The molecule has 0 spiro atoms. The second-order valence-electron chi connectivity index (χ2n) is 5.71. The quantitative estimate of drug-likeness (QED) is 0.842. The van der Waals surface area contributed by atoms with Crippen molar-refractivity contribution in [3.63, 3.8) is 0 Å². The first-order chi connectivity index (χ1) is 10.4. The summed E-state index contributed by atoms with van der Waals surface area (Å²) in [6, 6.07) is 15.4. The van der Waals surface area contributed by atoms with Gasteiger partial charge in [-0.2, -0.15) is 0 Å². The molecule has 0 aliphatic rings. The minimum absolute atomic E-state index is 0.307. The second-order valence-corrected chi connectivity index (χ2v) is 5.71. The van der Waals surface area contributed by atoms with Gasteiger partial charge in [-0.3, -0.25) is 4.79 Å². The van der Waals surface area contributed by atoms with Crippen LogP contribution in [0.3, 0.4) is 0 Å². The molecule has 0 saturated carbocycles. The Morgan fingerprint density at radius 3 is 2.23 bits per heavy atom. The maximum absolute atomic E-state index is 13.2. The topological polar surface area (TPSA) is 38.3 Å². The van der Waals surface area contributed by atoms with Crippen molar-refractivity contribution in [1.29, 1.82) is 0 Å². The van der Waals surface area contributed by atoms with Crippen LogP contribution in [-0.2, 0) is 9.53 Å². The highest BCUT2D eigenvalue weighted by Crippen LogP contribution is 2.37. The third-order valence-electron chi connectivity index (χ3n) is 3.72. The lowest BCUT2D eigenvalue weighted by Crippen LogP contribution is -2.36. The molecule has 22 heavy (non-hydrogen) atoms. The average Bonchev–Trinajstić information content (AvgIpc) is 2.53. The zero-order valence-electron chi connectivity index (χ0n) is 13.0. The number of nitrogens with one attached hydrogen (secondary N) is 1. The van der Waals surface area contributed by atoms with Crippen LogP contribution in [0.4, 0.5) is 10.1 Å². The Morgan fingerprint density at radius 1 is 1.09 bits per heavy atom. The van der Waals surface area contributed by atoms with Gasteiger partial charge >= 0.3 is 5.97 Å². The number of para-hydroxylation sites is 1. The van der Waals surface area contributed by atoms with Crippen LogP contribution in [-0.4, -0.2) is 13.1 Å². The van der Waals surface area contributed by atoms with Crippen molar-refractivity contribution in [3.8, 4) is 0 Å². The molecule has 1 N–H and O–H groups in total. The summed E-state index contributed by atoms with van der Waals surface area (Å²) in [5.74, 6) is -0.636. The van der Waals surface area contributed by atoms with Crippen molar-refractivity contribution in [2.24, 2.45) is 5.41 Å². The first-order valence-corrected chi connectivity index (χ1v) is 7.10. The Kier molecular flexibility index (Phi) is 4.81. The van der Waals surface area contributed by atoms with E-state index >= 15 is 0 Å². The van der Waals surface area contributed by atoms with Crippen LogP contribution in [0.1, 0.15) is 25.5 Å². The van der Waals surface area contributed by atoms with Crippen molar-refractivity contribution >= 4 is 11.7 Å². The SMILES string of the molecule is COC(=O)C(C)(C)[C@@H](Nc1ccccc1)c1ccc(F)cc1. The Bertz CT molecular complexity index is 623. The number of methoxy groups -OCH3 is 1.